The van der Waals surface area contributed by atoms with Gasteiger partial charge in [0.2, 0.25) is 5.91 Å². The number of likely N-dealkylation sites (N-methyl/N-ethyl adjacent to an activating group) is 1. The molecule has 0 aliphatic heterocycles. The second-order valence-corrected chi connectivity index (χ2v) is 9.58. The Kier molecular flexibility index (Phi) is 6.80. The minimum atomic E-state index is -0.453. The van der Waals surface area contributed by atoms with Crippen LogP contribution in [0, 0.1) is 13.8 Å². The van der Waals surface area contributed by atoms with Gasteiger partial charge in [0.15, 0.2) is 5.16 Å². The van der Waals surface area contributed by atoms with Crippen molar-refractivity contribution in [2.24, 2.45) is 0 Å². The molecule has 1 atom stereocenters. The van der Waals surface area contributed by atoms with Crippen molar-refractivity contribution in [3.8, 4) is 0 Å². The number of hydrogen-bond acceptors (Lipinski definition) is 5. The summed E-state index contributed by atoms with van der Waals surface area (Å²) in [6, 6.07) is 9.69. The molecule has 7 heteroatoms. The van der Waals surface area contributed by atoms with Gasteiger partial charge in [-0.05, 0) is 31.4 Å². The first-order valence-electron chi connectivity index (χ1n) is 9.78. The summed E-state index contributed by atoms with van der Waals surface area (Å²) in [5.41, 5.74) is 1.91. The quantitative estimate of drug-likeness (QED) is 0.400. The highest BCUT2D eigenvalue weighted by molar-refractivity contribution is 8.00. The Hall–Kier alpha value is -2.12. The molecule has 29 heavy (non-hydrogen) atoms. The van der Waals surface area contributed by atoms with Crippen molar-refractivity contribution < 1.29 is 4.79 Å². The maximum atomic E-state index is 13.3. The maximum absolute atomic E-state index is 13.3. The number of hydrogen-bond donors (Lipinski definition) is 0. The Morgan fingerprint density at radius 2 is 1.93 bits per heavy atom. The molecule has 0 saturated carbocycles. The van der Waals surface area contributed by atoms with Crippen molar-refractivity contribution in [3.05, 3.63) is 56.7 Å². The van der Waals surface area contributed by atoms with E-state index in [1.165, 1.54) is 11.8 Å². The van der Waals surface area contributed by atoms with Gasteiger partial charge in [0.1, 0.15) is 10.1 Å². The minimum Gasteiger partial charge on any atom is -0.348 e. The van der Waals surface area contributed by atoms with Crippen LogP contribution in [0.15, 0.2) is 40.3 Å². The highest BCUT2D eigenvalue weighted by Gasteiger charge is 2.27. The van der Waals surface area contributed by atoms with Gasteiger partial charge in [0.25, 0.3) is 5.56 Å². The van der Waals surface area contributed by atoms with Gasteiger partial charge >= 0.3 is 0 Å². The fraction of sp³-hybridized carbons (Fsp3) is 0.409. The van der Waals surface area contributed by atoms with E-state index in [0.29, 0.717) is 17.1 Å². The van der Waals surface area contributed by atoms with E-state index >= 15 is 0 Å². The Morgan fingerprint density at radius 1 is 1.24 bits per heavy atom. The van der Waals surface area contributed by atoms with Crippen LogP contribution in [-0.4, -0.2) is 34.5 Å². The molecule has 3 aromatic rings. The standard InChI is InChI=1S/C22H27N3O2S2/c1-6-7-13-25-20(26)17-14(2)15(3)28-19(17)23-22(25)29-18(21(27)24(4)5)16-11-9-8-10-12-16/h8-12,18H,6-7,13H2,1-5H3. The molecule has 0 bridgehead atoms. The van der Waals surface area contributed by atoms with Crippen LogP contribution in [0.2, 0.25) is 0 Å². The number of thiophene rings is 1. The number of amides is 1. The molecule has 154 valence electrons. The van der Waals surface area contributed by atoms with Gasteiger partial charge in [-0.1, -0.05) is 55.4 Å². The van der Waals surface area contributed by atoms with Crippen LogP contribution in [0.25, 0.3) is 10.2 Å². The molecular formula is C22H27N3O2S2. The molecule has 1 amide bonds. The van der Waals surface area contributed by atoms with E-state index in [-0.39, 0.29) is 11.5 Å². The first-order valence-corrected chi connectivity index (χ1v) is 11.5. The third-order valence-electron chi connectivity index (χ3n) is 4.98. The molecule has 0 radical (unpaired) electrons. The first-order chi connectivity index (χ1) is 13.8. The Bertz CT molecular complexity index is 1070. The number of fused-ring (bicyclic) bond motifs is 1. The normalized spacial score (nSPS) is 12.3. The van der Waals surface area contributed by atoms with Crippen LogP contribution in [0.1, 0.15) is 41.0 Å². The highest BCUT2D eigenvalue weighted by atomic mass is 32.2. The third kappa shape index (κ3) is 4.41. The van der Waals surface area contributed by atoms with Crippen molar-refractivity contribution >= 4 is 39.2 Å². The van der Waals surface area contributed by atoms with Gasteiger partial charge in [0.05, 0.1) is 5.39 Å². The van der Waals surface area contributed by atoms with Crippen LogP contribution in [0.4, 0.5) is 0 Å². The lowest BCUT2D eigenvalue weighted by molar-refractivity contribution is -0.128. The second kappa shape index (κ2) is 9.13. The highest BCUT2D eigenvalue weighted by Crippen LogP contribution is 2.37. The van der Waals surface area contributed by atoms with Gasteiger partial charge in [0, 0.05) is 25.5 Å². The molecule has 2 heterocycles. The van der Waals surface area contributed by atoms with E-state index in [1.54, 1.807) is 34.9 Å². The average molecular weight is 430 g/mol. The summed E-state index contributed by atoms with van der Waals surface area (Å²) in [5, 5.41) is 0.870. The average Bonchev–Trinajstić information content (AvgIpc) is 2.99. The molecule has 0 aliphatic rings. The summed E-state index contributed by atoms with van der Waals surface area (Å²) < 4.78 is 1.76. The number of thioether (sulfide) groups is 1. The molecule has 2 aromatic heterocycles. The molecule has 0 aliphatic carbocycles. The van der Waals surface area contributed by atoms with E-state index in [4.69, 9.17) is 4.98 Å². The lowest BCUT2D eigenvalue weighted by atomic mass is 10.1. The molecule has 0 fully saturated rings. The number of aromatic nitrogens is 2. The number of carbonyl (C=O) groups is 1. The molecule has 1 aromatic carbocycles. The van der Waals surface area contributed by atoms with Gasteiger partial charge < -0.3 is 4.90 Å². The smallest absolute Gasteiger partial charge is 0.263 e. The predicted molar refractivity (Wildman–Crippen MR) is 122 cm³/mol. The summed E-state index contributed by atoms with van der Waals surface area (Å²) in [4.78, 5) is 34.6. The minimum absolute atomic E-state index is 0.00286. The van der Waals surface area contributed by atoms with E-state index in [0.717, 1.165) is 33.7 Å². The monoisotopic (exact) mass is 429 g/mol. The van der Waals surface area contributed by atoms with Gasteiger partial charge in [-0.25, -0.2) is 4.98 Å². The summed E-state index contributed by atoms with van der Waals surface area (Å²) in [6.45, 7) is 6.71. The molecule has 0 N–H and O–H groups in total. The van der Waals surface area contributed by atoms with Crippen LogP contribution in [0.5, 0.6) is 0 Å². The number of aryl methyl sites for hydroxylation is 2. The molecule has 0 spiro atoms. The zero-order valence-corrected chi connectivity index (χ0v) is 19.2. The third-order valence-corrected chi connectivity index (χ3v) is 7.31. The van der Waals surface area contributed by atoms with Crippen LogP contribution >= 0.6 is 23.1 Å². The van der Waals surface area contributed by atoms with Crippen LogP contribution < -0.4 is 5.56 Å². The van der Waals surface area contributed by atoms with E-state index in [2.05, 4.69) is 6.92 Å². The second-order valence-electron chi connectivity index (χ2n) is 7.31. The summed E-state index contributed by atoms with van der Waals surface area (Å²) in [6.07, 6.45) is 1.87. The van der Waals surface area contributed by atoms with Crippen LogP contribution in [0.3, 0.4) is 0 Å². The maximum Gasteiger partial charge on any atom is 0.263 e. The number of carbonyl (C=O) groups excluding carboxylic acids is 1. The Balaban J connectivity index is 2.15. The van der Waals surface area contributed by atoms with Crippen molar-refractivity contribution in [3.63, 3.8) is 0 Å². The van der Waals surface area contributed by atoms with Gasteiger partial charge in [-0.15, -0.1) is 11.3 Å². The van der Waals surface area contributed by atoms with E-state index in [9.17, 15) is 9.59 Å². The zero-order chi connectivity index (χ0) is 21.1. The Labute approximate surface area is 179 Å². The van der Waals surface area contributed by atoms with Gasteiger partial charge in [-0.3, -0.25) is 14.2 Å². The van der Waals surface area contributed by atoms with Gasteiger partial charge in [-0.2, -0.15) is 0 Å². The van der Waals surface area contributed by atoms with Crippen molar-refractivity contribution in [1.82, 2.24) is 14.5 Å². The summed E-state index contributed by atoms with van der Waals surface area (Å²) in [5.74, 6) is -0.0175. The fourth-order valence-corrected chi connectivity index (χ4v) is 5.48. The number of rotatable bonds is 7. The lowest BCUT2D eigenvalue weighted by Crippen LogP contribution is -2.28. The molecule has 0 saturated heterocycles. The number of nitrogens with zero attached hydrogens (tertiary/aromatic N) is 3. The SMILES string of the molecule is CCCCn1c(SC(C(=O)N(C)C)c2ccccc2)nc2sc(C)c(C)c2c1=O. The van der Waals surface area contributed by atoms with E-state index < -0.39 is 5.25 Å². The molecule has 3 rings (SSSR count). The van der Waals surface area contributed by atoms with Crippen molar-refractivity contribution in [2.45, 2.75) is 50.6 Å². The van der Waals surface area contributed by atoms with E-state index in [1.807, 2.05) is 44.2 Å². The fourth-order valence-electron chi connectivity index (χ4n) is 3.14. The first kappa shape index (κ1) is 21.6. The largest absolute Gasteiger partial charge is 0.348 e. The topological polar surface area (TPSA) is 55.2 Å². The van der Waals surface area contributed by atoms with Crippen LogP contribution in [-0.2, 0) is 11.3 Å². The summed E-state index contributed by atoms with van der Waals surface area (Å²) >= 11 is 2.91. The lowest BCUT2D eigenvalue weighted by Gasteiger charge is -2.21. The van der Waals surface area contributed by atoms with Crippen molar-refractivity contribution in [1.29, 1.82) is 0 Å². The molecular weight excluding hydrogens is 402 g/mol. The summed E-state index contributed by atoms with van der Waals surface area (Å²) in [7, 11) is 3.51. The van der Waals surface area contributed by atoms with Crippen molar-refractivity contribution in [2.75, 3.05) is 14.1 Å². The zero-order valence-electron chi connectivity index (χ0n) is 17.6. The number of benzene rings is 1. The molecule has 1 unspecified atom stereocenters. The molecule has 5 nitrogen and oxygen atoms in total. The Morgan fingerprint density at radius 3 is 2.55 bits per heavy atom. The number of unbranched alkanes of at least 4 members (excludes halogenated alkanes) is 1. The predicted octanol–water partition coefficient (Wildman–Crippen LogP) is 4.80.